The van der Waals surface area contributed by atoms with Crippen molar-refractivity contribution in [1.29, 1.82) is 0 Å². The van der Waals surface area contributed by atoms with E-state index in [-0.39, 0.29) is 4.90 Å². The average Bonchev–Trinajstić information content (AvgIpc) is 3.01. The summed E-state index contributed by atoms with van der Waals surface area (Å²) in [6.07, 6.45) is 2.83. The zero-order valence-electron chi connectivity index (χ0n) is 14.5. The van der Waals surface area contributed by atoms with Crippen LogP contribution < -0.4 is 11.5 Å². The molecule has 2 heterocycles. The maximum Gasteiger partial charge on any atom is 0.175 e. The van der Waals surface area contributed by atoms with Crippen LogP contribution in [0.4, 0.5) is 11.6 Å². The van der Waals surface area contributed by atoms with Crippen LogP contribution >= 0.6 is 0 Å². The number of pyridine rings is 1. The Morgan fingerprint density at radius 2 is 1.67 bits per heavy atom. The maximum atomic E-state index is 11.7. The predicted molar refractivity (Wildman–Crippen MR) is 107 cm³/mol. The number of hydrogen-bond donors (Lipinski definition) is 3. The second kappa shape index (κ2) is 6.10. The first kappa shape index (κ1) is 17.0. The first-order chi connectivity index (χ1) is 12.8. The van der Waals surface area contributed by atoms with E-state index in [1.165, 1.54) is 6.26 Å². The fourth-order valence-electron chi connectivity index (χ4n) is 3.04. The van der Waals surface area contributed by atoms with Gasteiger partial charge in [-0.2, -0.15) is 5.10 Å². The van der Waals surface area contributed by atoms with Crippen molar-refractivity contribution in [3.8, 4) is 22.3 Å². The van der Waals surface area contributed by atoms with Gasteiger partial charge in [-0.3, -0.25) is 5.10 Å². The number of nitrogens with two attached hydrogens (primary N) is 2. The monoisotopic (exact) mass is 379 g/mol. The van der Waals surface area contributed by atoms with Gasteiger partial charge in [0.1, 0.15) is 5.82 Å². The van der Waals surface area contributed by atoms with Gasteiger partial charge in [0.2, 0.25) is 0 Å². The number of nitrogens with one attached hydrogen (secondary N) is 1. The molecular formula is C19H17N5O2S. The van der Waals surface area contributed by atoms with Crippen molar-refractivity contribution >= 4 is 32.4 Å². The number of H-pyrrole nitrogens is 1. The molecule has 8 heteroatoms. The number of nitrogen functional groups attached to an aromatic ring is 2. The Morgan fingerprint density at radius 3 is 2.33 bits per heavy atom. The molecule has 0 unspecified atom stereocenters. The Hall–Kier alpha value is -3.39. The third-order valence-electron chi connectivity index (χ3n) is 4.41. The van der Waals surface area contributed by atoms with E-state index < -0.39 is 9.84 Å². The van der Waals surface area contributed by atoms with Crippen molar-refractivity contribution in [3.63, 3.8) is 0 Å². The summed E-state index contributed by atoms with van der Waals surface area (Å²) in [6, 6.07) is 14.3. The summed E-state index contributed by atoms with van der Waals surface area (Å²) >= 11 is 0. The van der Waals surface area contributed by atoms with Crippen LogP contribution in [-0.2, 0) is 9.84 Å². The zero-order chi connectivity index (χ0) is 19.2. The number of anilines is 2. The molecule has 0 saturated heterocycles. The van der Waals surface area contributed by atoms with Crippen molar-refractivity contribution in [2.45, 2.75) is 4.90 Å². The van der Waals surface area contributed by atoms with Crippen LogP contribution in [0, 0.1) is 0 Å². The second-order valence-electron chi connectivity index (χ2n) is 6.32. The van der Waals surface area contributed by atoms with Crippen molar-refractivity contribution < 1.29 is 8.42 Å². The summed E-state index contributed by atoms with van der Waals surface area (Å²) in [5.41, 5.74) is 16.1. The number of aromatic amines is 1. The van der Waals surface area contributed by atoms with E-state index in [0.29, 0.717) is 11.6 Å². The second-order valence-corrected chi connectivity index (χ2v) is 8.34. The molecule has 0 radical (unpaired) electrons. The first-order valence-corrected chi connectivity index (χ1v) is 10.0. The molecule has 0 aliphatic rings. The van der Waals surface area contributed by atoms with Gasteiger partial charge in [-0.15, -0.1) is 0 Å². The fraction of sp³-hybridized carbons (Fsp3) is 0.0526. The number of nitrogens with zero attached hydrogens (tertiary/aromatic N) is 2. The van der Waals surface area contributed by atoms with Gasteiger partial charge >= 0.3 is 0 Å². The van der Waals surface area contributed by atoms with Crippen LogP contribution in [0.5, 0.6) is 0 Å². The highest BCUT2D eigenvalue weighted by molar-refractivity contribution is 7.90. The van der Waals surface area contributed by atoms with Gasteiger partial charge < -0.3 is 11.5 Å². The number of benzene rings is 2. The van der Waals surface area contributed by atoms with E-state index in [0.717, 1.165) is 33.2 Å². The Balaban J connectivity index is 1.94. The van der Waals surface area contributed by atoms with Crippen LogP contribution in [0.25, 0.3) is 33.2 Å². The Kier molecular flexibility index (Phi) is 3.85. The topological polar surface area (TPSA) is 128 Å². The molecule has 0 spiro atoms. The van der Waals surface area contributed by atoms with Gasteiger partial charge in [-0.1, -0.05) is 12.1 Å². The Labute approximate surface area is 156 Å². The number of aromatic nitrogens is 3. The molecule has 0 aliphatic carbocycles. The molecule has 0 atom stereocenters. The zero-order valence-corrected chi connectivity index (χ0v) is 15.3. The largest absolute Gasteiger partial charge is 0.384 e. The summed E-state index contributed by atoms with van der Waals surface area (Å²) in [5.74, 6) is 0.815. The lowest BCUT2D eigenvalue weighted by molar-refractivity contribution is 0.602. The van der Waals surface area contributed by atoms with Gasteiger partial charge in [-0.05, 0) is 53.1 Å². The van der Waals surface area contributed by atoms with E-state index in [9.17, 15) is 8.42 Å². The average molecular weight is 379 g/mol. The van der Waals surface area contributed by atoms with Crippen molar-refractivity contribution in [3.05, 3.63) is 54.7 Å². The summed E-state index contributed by atoms with van der Waals surface area (Å²) in [7, 11) is -3.26. The molecule has 0 bridgehead atoms. The molecule has 0 aliphatic heterocycles. The van der Waals surface area contributed by atoms with E-state index >= 15 is 0 Å². The molecule has 7 nitrogen and oxygen atoms in total. The highest BCUT2D eigenvalue weighted by atomic mass is 32.2. The Bertz CT molecular complexity index is 1260. The Morgan fingerprint density at radius 1 is 0.926 bits per heavy atom. The number of hydrogen-bond acceptors (Lipinski definition) is 6. The number of rotatable bonds is 3. The third kappa shape index (κ3) is 3.11. The molecular weight excluding hydrogens is 362 g/mol. The van der Waals surface area contributed by atoms with Gasteiger partial charge in [0.05, 0.1) is 10.4 Å². The first-order valence-electron chi connectivity index (χ1n) is 8.13. The molecule has 27 heavy (non-hydrogen) atoms. The molecule has 5 N–H and O–H groups in total. The number of sulfone groups is 1. The lowest BCUT2D eigenvalue weighted by atomic mass is 9.96. The number of fused-ring (bicyclic) bond motifs is 1. The van der Waals surface area contributed by atoms with Crippen LogP contribution in [0.15, 0.2) is 59.6 Å². The van der Waals surface area contributed by atoms with Crippen LogP contribution in [0.3, 0.4) is 0 Å². The van der Waals surface area contributed by atoms with Gasteiger partial charge in [0.25, 0.3) is 0 Å². The van der Waals surface area contributed by atoms with Crippen LogP contribution in [-0.4, -0.2) is 29.9 Å². The van der Waals surface area contributed by atoms with Crippen molar-refractivity contribution in [2.75, 3.05) is 17.7 Å². The molecule has 4 aromatic rings. The van der Waals surface area contributed by atoms with E-state index in [2.05, 4.69) is 15.2 Å². The van der Waals surface area contributed by atoms with Gasteiger partial charge in [-0.25, -0.2) is 13.4 Å². The highest BCUT2D eigenvalue weighted by Gasteiger charge is 2.14. The minimum absolute atomic E-state index is 0.268. The predicted octanol–water partition coefficient (Wildman–Crippen LogP) is 2.86. The minimum atomic E-state index is -3.26. The maximum absolute atomic E-state index is 11.7. The summed E-state index contributed by atoms with van der Waals surface area (Å²) < 4.78 is 23.4. The van der Waals surface area contributed by atoms with E-state index in [1.807, 2.05) is 18.2 Å². The standard InChI is InChI=1S/C19H17N5O2S/c1-27(25,26)14-4-2-11(3-5-14)15-8-13(12-6-7-22-17(20)10-12)9-16-18(15)23-24-19(16)21/h2-10H,1H3,(H2,20,22)(H3,21,23,24). The third-order valence-corrected chi connectivity index (χ3v) is 5.54. The van der Waals surface area contributed by atoms with Gasteiger partial charge in [0.15, 0.2) is 15.7 Å². The SMILES string of the molecule is CS(=O)(=O)c1ccc(-c2cc(-c3ccnc(N)c3)cc3c(N)n[nH]c23)cc1. The molecule has 2 aromatic heterocycles. The molecule has 2 aromatic carbocycles. The van der Waals surface area contributed by atoms with Crippen molar-refractivity contribution in [1.82, 2.24) is 15.2 Å². The van der Waals surface area contributed by atoms with Crippen LogP contribution in [0.1, 0.15) is 0 Å². The molecule has 0 saturated carbocycles. The fourth-order valence-corrected chi connectivity index (χ4v) is 3.68. The molecule has 0 amide bonds. The van der Waals surface area contributed by atoms with E-state index in [1.54, 1.807) is 36.5 Å². The summed E-state index contributed by atoms with van der Waals surface area (Å²) in [4.78, 5) is 4.29. The summed E-state index contributed by atoms with van der Waals surface area (Å²) in [6.45, 7) is 0. The minimum Gasteiger partial charge on any atom is -0.384 e. The molecule has 0 fully saturated rings. The lowest BCUT2D eigenvalue weighted by Gasteiger charge is -2.09. The van der Waals surface area contributed by atoms with Crippen LogP contribution in [0.2, 0.25) is 0 Å². The summed E-state index contributed by atoms with van der Waals surface area (Å²) in [5, 5.41) is 7.85. The van der Waals surface area contributed by atoms with E-state index in [4.69, 9.17) is 11.5 Å². The molecule has 136 valence electrons. The van der Waals surface area contributed by atoms with Crippen molar-refractivity contribution in [2.24, 2.45) is 0 Å². The highest BCUT2D eigenvalue weighted by Crippen LogP contribution is 2.35. The lowest BCUT2D eigenvalue weighted by Crippen LogP contribution is -1.96. The quantitative estimate of drug-likeness (QED) is 0.502. The van der Waals surface area contributed by atoms with Gasteiger partial charge in [0, 0.05) is 23.4 Å². The normalized spacial score (nSPS) is 11.7. The smallest absolute Gasteiger partial charge is 0.175 e. The molecule has 4 rings (SSSR count).